The molecular weight excluding hydrogens is 256 g/mol. The molecule has 0 spiro atoms. The number of hydrogen-bond acceptors (Lipinski definition) is 3. The first-order chi connectivity index (χ1) is 9.60. The molecule has 0 radical (unpaired) electrons. The van der Waals surface area contributed by atoms with Crippen LogP contribution in [-0.4, -0.2) is 25.0 Å². The van der Waals surface area contributed by atoms with E-state index in [9.17, 15) is 4.79 Å². The molecule has 20 heavy (non-hydrogen) atoms. The van der Waals surface area contributed by atoms with Crippen LogP contribution in [0.4, 0.5) is 0 Å². The van der Waals surface area contributed by atoms with Crippen molar-refractivity contribution in [3.8, 4) is 17.3 Å². The topological polar surface area (TPSA) is 83.3 Å². The van der Waals surface area contributed by atoms with Crippen molar-refractivity contribution in [2.45, 2.75) is 0 Å². The molecule has 0 unspecified atom stereocenters. The number of carboxylic acids is 1. The fourth-order valence-corrected chi connectivity index (χ4v) is 2.11. The molecule has 0 atom stereocenters. The largest absolute Gasteiger partial charge is 0.477 e. The van der Waals surface area contributed by atoms with E-state index in [0.717, 1.165) is 11.3 Å². The third-order valence-corrected chi connectivity index (χ3v) is 3.16. The molecule has 0 aliphatic rings. The zero-order chi connectivity index (χ0) is 14.3. The van der Waals surface area contributed by atoms with Gasteiger partial charge in [0, 0.05) is 25.0 Å². The van der Waals surface area contributed by atoms with Gasteiger partial charge in [0.15, 0.2) is 0 Å². The number of aromatic nitrogens is 3. The summed E-state index contributed by atoms with van der Waals surface area (Å²) in [6.07, 6.45) is 3.29. The van der Waals surface area contributed by atoms with Gasteiger partial charge >= 0.3 is 5.97 Å². The van der Waals surface area contributed by atoms with Gasteiger partial charge in [0.2, 0.25) is 5.78 Å². The number of imidazole rings is 2. The molecule has 0 bridgehead atoms. The Morgan fingerprint density at radius 1 is 1.30 bits per heavy atom. The first-order valence-corrected chi connectivity index (χ1v) is 5.88. The Balaban J connectivity index is 2.09. The van der Waals surface area contributed by atoms with Gasteiger partial charge in [-0.05, 0) is 12.1 Å². The molecule has 6 heteroatoms. The predicted molar refractivity (Wildman–Crippen MR) is 71.3 cm³/mol. The van der Waals surface area contributed by atoms with E-state index in [1.807, 2.05) is 12.1 Å². The summed E-state index contributed by atoms with van der Waals surface area (Å²) >= 11 is 0. The minimum atomic E-state index is -0.988. The second kappa shape index (κ2) is 4.24. The third-order valence-electron chi connectivity index (χ3n) is 3.16. The summed E-state index contributed by atoms with van der Waals surface area (Å²) in [7, 11) is 1.66. The van der Waals surface area contributed by atoms with Crippen molar-refractivity contribution < 1.29 is 9.90 Å². The maximum absolute atomic E-state index is 11.0. The van der Waals surface area contributed by atoms with Crippen LogP contribution in [0, 0.1) is 11.3 Å². The Morgan fingerprint density at radius 3 is 2.55 bits per heavy atom. The number of aryl methyl sites for hydroxylation is 1. The second-order valence-electron chi connectivity index (χ2n) is 4.40. The van der Waals surface area contributed by atoms with E-state index in [2.05, 4.69) is 11.1 Å². The van der Waals surface area contributed by atoms with Crippen molar-refractivity contribution >= 4 is 11.7 Å². The minimum Gasteiger partial charge on any atom is -0.477 e. The Kier molecular flexibility index (Phi) is 2.54. The lowest BCUT2D eigenvalue weighted by atomic mass is 10.1. The van der Waals surface area contributed by atoms with E-state index < -0.39 is 5.97 Å². The summed E-state index contributed by atoms with van der Waals surface area (Å²) in [4.78, 5) is 15.4. The predicted octanol–water partition coefficient (Wildman–Crippen LogP) is 1.91. The lowest BCUT2D eigenvalue weighted by molar-refractivity contribution is 0.0686. The van der Waals surface area contributed by atoms with Gasteiger partial charge in [-0.15, -0.1) is 0 Å². The zero-order valence-electron chi connectivity index (χ0n) is 10.6. The Bertz CT molecular complexity index is 850. The molecular formula is C14H10N4O2. The number of hydrogen-bond donors (Lipinski definition) is 1. The number of rotatable bonds is 2. The zero-order valence-corrected chi connectivity index (χ0v) is 10.6. The highest BCUT2D eigenvalue weighted by Gasteiger charge is 2.15. The normalized spacial score (nSPS) is 10.6. The molecule has 1 N–H and O–H groups in total. The molecule has 6 nitrogen and oxygen atoms in total. The molecule has 1 aromatic carbocycles. The van der Waals surface area contributed by atoms with Gasteiger partial charge in [-0.3, -0.25) is 4.40 Å². The maximum atomic E-state index is 11.0. The molecule has 0 fully saturated rings. The van der Waals surface area contributed by atoms with Crippen molar-refractivity contribution in [3.63, 3.8) is 0 Å². The molecule has 0 amide bonds. The molecule has 0 aliphatic carbocycles. The Hall–Kier alpha value is -3.07. The first kappa shape index (κ1) is 12.0. The average molecular weight is 266 g/mol. The maximum Gasteiger partial charge on any atom is 0.354 e. The van der Waals surface area contributed by atoms with Gasteiger partial charge in [-0.2, -0.15) is 5.26 Å². The number of benzene rings is 1. The van der Waals surface area contributed by atoms with Crippen LogP contribution in [0.1, 0.15) is 16.1 Å². The standard InChI is InChI=1S/C14H10N4O2/c1-17-12(13(19)20)8-18-7-11(16-14(17)18)10-4-2-9(6-15)3-5-10/h2-5,7-8H,1H3,(H,19,20). The number of aromatic carboxylic acids is 1. The van der Waals surface area contributed by atoms with Gasteiger partial charge in [0.05, 0.1) is 17.3 Å². The van der Waals surface area contributed by atoms with Crippen molar-refractivity contribution in [2.24, 2.45) is 7.05 Å². The highest BCUT2D eigenvalue weighted by molar-refractivity contribution is 5.86. The number of carboxylic acid groups (broad SMARTS) is 1. The quantitative estimate of drug-likeness (QED) is 0.768. The van der Waals surface area contributed by atoms with Crippen LogP contribution in [0.2, 0.25) is 0 Å². The van der Waals surface area contributed by atoms with E-state index in [-0.39, 0.29) is 5.69 Å². The fraction of sp³-hybridized carbons (Fsp3) is 0.0714. The summed E-state index contributed by atoms with van der Waals surface area (Å²) in [5.74, 6) is -0.431. The van der Waals surface area contributed by atoms with Crippen LogP contribution in [0.15, 0.2) is 36.7 Å². The first-order valence-electron chi connectivity index (χ1n) is 5.88. The van der Waals surface area contributed by atoms with Gasteiger partial charge < -0.3 is 9.67 Å². The lowest BCUT2D eigenvalue weighted by Crippen LogP contribution is -2.04. The van der Waals surface area contributed by atoms with Gasteiger partial charge in [0.1, 0.15) is 5.69 Å². The second-order valence-corrected chi connectivity index (χ2v) is 4.40. The van der Waals surface area contributed by atoms with E-state index in [1.54, 1.807) is 29.8 Å². The van der Waals surface area contributed by atoms with Crippen LogP contribution in [0.25, 0.3) is 17.0 Å². The smallest absolute Gasteiger partial charge is 0.354 e. The van der Waals surface area contributed by atoms with E-state index in [1.165, 1.54) is 10.8 Å². The van der Waals surface area contributed by atoms with Crippen molar-refractivity contribution in [1.82, 2.24) is 14.0 Å². The molecule has 0 aliphatic heterocycles. The van der Waals surface area contributed by atoms with Crippen LogP contribution in [-0.2, 0) is 7.05 Å². The number of fused-ring (bicyclic) bond motifs is 1. The number of carbonyl (C=O) groups is 1. The van der Waals surface area contributed by atoms with Crippen LogP contribution >= 0.6 is 0 Å². The van der Waals surface area contributed by atoms with Gasteiger partial charge in [-0.25, -0.2) is 9.78 Å². The van der Waals surface area contributed by atoms with Crippen LogP contribution < -0.4 is 0 Å². The molecule has 3 rings (SSSR count). The molecule has 2 aromatic heterocycles. The molecule has 98 valence electrons. The molecule has 0 saturated heterocycles. The minimum absolute atomic E-state index is 0.180. The average Bonchev–Trinajstić information content (AvgIpc) is 2.99. The van der Waals surface area contributed by atoms with Gasteiger partial charge in [-0.1, -0.05) is 12.1 Å². The summed E-state index contributed by atoms with van der Waals surface area (Å²) in [6, 6.07) is 9.15. The van der Waals surface area contributed by atoms with E-state index in [0.29, 0.717) is 11.3 Å². The number of nitrogens with zero attached hydrogens (tertiary/aromatic N) is 4. The molecule has 2 heterocycles. The number of nitriles is 1. The Morgan fingerprint density at radius 2 is 2.00 bits per heavy atom. The van der Waals surface area contributed by atoms with Crippen molar-refractivity contribution in [1.29, 1.82) is 5.26 Å². The lowest BCUT2D eigenvalue weighted by Gasteiger charge is -1.97. The summed E-state index contributed by atoms with van der Waals surface area (Å²) < 4.78 is 3.20. The third kappa shape index (κ3) is 1.73. The highest BCUT2D eigenvalue weighted by atomic mass is 16.4. The molecule has 3 aromatic rings. The highest BCUT2D eigenvalue weighted by Crippen LogP contribution is 2.20. The molecule has 0 saturated carbocycles. The van der Waals surface area contributed by atoms with E-state index >= 15 is 0 Å². The van der Waals surface area contributed by atoms with E-state index in [4.69, 9.17) is 10.4 Å². The SMILES string of the molecule is Cn1c(C(=O)O)cn2cc(-c3ccc(C#N)cc3)nc12. The summed E-state index contributed by atoms with van der Waals surface area (Å²) in [5, 5.41) is 17.8. The van der Waals surface area contributed by atoms with Crippen LogP contribution in [0.5, 0.6) is 0 Å². The van der Waals surface area contributed by atoms with Crippen LogP contribution in [0.3, 0.4) is 0 Å². The monoisotopic (exact) mass is 266 g/mol. The summed E-state index contributed by atoms with van der Waals surface area (Å²) in [6.45, 7) is 0. The Labute approximate surface area is 114 Å². The van der Waals surface area contributed by atoms with Gasteiger partial charge in [0.25, 0.3) is 0 Å². The fourth-order valence-electron chi connectivity index (χ4n) is 2.11. The summed E-state index contributed by atoms with van der Waals surface area (Å²) in [5.41, 5.74) is 2.38. The van der Waals surface area contributed by atoms with Crippen molar-refractivity contribution in [3.05, 3.63) is 47.9 Å². The van der Waals surface area contributed by atoms with Crippen molar-refractivity contribution in [2.75, 3.05) is 0 Å².